The number of benzene rings is 2. The Labute approximate surface area is 165 Å². The second-order valence-corrected chi connectivity index (χ2v) is 8.21. The number of hydrogen-bond acceptors (Lipinski definition) is 8. The summed E-state index contributed by atoms with van der Waals surface area (Å²) in [6.45, 7) is 0. The second kappa shape index (κ2) is 7.61. The van der Waals surface area contributed by atoms with Crippen LogP contribution in [0.15, 0.2) is 75.0 Å². The van der Waals surface area contributed by atoms with Crippen molar-refractivity contribution in [2.24, 2.45) is 5.10 Å². The van der Waals surface area contributed by atoms with Crippen LogP contribution in [0.4, 0.5) is 10.8 Å². The van der Waals surface area contributed by atoms with E-state index in [4.69, 9.17) is 10.1 Å². The molecule has 1 aliphatic heterocycles. The topological polar surface area (TPSA) is 43.8 Å². The van der Waals surface area contributed by atoms with Crippen molar-refractivity contribution in [3.8, 4) is 0 Å². The maximum absolute atomic E-state index is 4.79. The highest BCUT2D eigenvalue weighted by atomic mass is 32.2. The highest BCUT2D eigenvalue weighted by molar-refractivity contribution is 8.03. The summed E-state index contributed by atoms with van der Waals surface area (Å²) in [7, 11) is 0. The van der Waals surface area contributed by atoms with E-state index in [-0.39, 0.29) is 0 Å². The van der Waals surface area contributed by atoms with E-state index < -0.39 is 0 Å². The van der Waals surface area contributed by atoms with E-state index in [1.807, 2.05) is 70.9 Å². The van der Waals surface area contributed by atoms with Gasteiger partial charge in [0.2, 0.25) is 5.13 Å². The van der Waals surface area contributed by atoms with E-state index in [1.54, 1.807) is 34.9 Å². The molecule has 0 fully saturated rings. The number of hydrogen-bond donors (Lipinski definition) is 1. The smallest absolute Gasteiger partial charge is 0.229 e. The minimum atomic E-state index is 0.793. The number of nitrogens with one attached hydrogen (secondary N) is 1. The molecule has 2 aromatic carbocycles. The first kappa shape index (κ1) is 17.3. The molecule has 0 spiro atoms. The molecule has 3 aromatic rings. The molecular weight excluding hydrogens is 382 g/mol. The van der Waals surface area contributed by atoms with Gasteiger partial charge in [0.1, 0.15) is 5.03 Å². The van der Waals surface area contributed by atoms with Gasteiger partial charge in [0.05, 0.1) is 9.90 Å². The Morgan fingerprint density at radius 1 is 0.923 bits per heavy atom. The Morgan fingerprint density at radius 3 is 2.23 bits per heavy atom. The molecule has 8 heteroatoms. The van der Waals surface area contributed by atoms with Crippen molar-refractivity contribution in [1.82, 2.24) is 10.4 Å². The van der Waals surface area contributed by atoms with Gasteiger partial charge in [0.15, 0.2) is 5.84 Å². The number of anilines is 2. The van der Waals surface area contributed by atoms with Crippen LogP contribution in [0.1, 0.15) is 5.56 Å². The van der Waals surface area contributed by atoms with Gasteiger partial charge in [-0.05, 0) is 24.6 Å². The minimum Gasteiger partial charge on any atom is -0.256 e. The molecule has 132 valence electrons. The summed E-state index contributed by atoms with van der Waals surface area (Å²) in [6, 6.07) is 20.2. The van der Waals surface area contributed by atoms with Crippen molar-refractivity contribution < 1.29 is 0 Å². The molecule has 0 radical (unpaired) electrons. The Balaban J connectivity index is 1.75. The lowest BCUT2D eigenvalue weighted by molar-refractivity contribution is 0.762. The molecular formula is C18H17N5S3. The number of para-hydroxylation sites is 1. The average molecular weight is 400 g/mol. The first-order valence-electron chi connectivity index (χ1n) is 7.95. The standard InChI is InChI=1S/C18H17N5S3/c1-24-16-17(25-2)26-18(19-16)23-21-15(13-9-5-3-6-10-13)20-22(23)14-11-7-4-8-12-14/h3-12H,1-2H3,(H,20,21). The third-order valence-electron chi connectivity index (χ3n) is 3.75. The van der Waals surface area contributed by atoms with Crippen molar-refractivity contribution in [2.75, 3.05) is 22.7 Å². The predicted octanol–water partition coefficient (Wildman–Crippen LogP) is 4.69. The second-order valence-electron chi connectivity index (χ2n) is 5.36. The number of rotatable bonds is 5. The van der Waals surface area contributed by atoms with Crippen molar-refractivity contribution in [3.63, 3.8) is 0 Å². The normalized spacial score (nSPS) is 13.7. The van der Waals surface area contributed by atoms with Gasteiger partial charge in [0, 0.05) is 5.56 Å². The first-order chi connectivity index (χ1) is 12.8. The van der Waals surface area contributed by atoms with Crippen LogP contribution in [0.5, 0.6) is 0 Å². The van der Waals surface area contributed by atoms with Crippen LogP contribution in [-0.4, -0.2) is 23.3 Å². The van der Waals surface area contributed by atoms with Crippen molar-refractivity contribution >= 4 is 51.5 Å². The molecule has 1 aromatic heterocycles. The zero-order valence-corrected chi connectivity index (χ0v) is 16.7. The Kier molecular flexibility index (Phi) is 5.05. The lowest BCUT2D eigenvalue weighted by Crippen LogP contribution is -2.44. The van der Waals surface area contributed by atoms with E-state index in [0.717, 1.165) is 27.2 Å². The third kappa shape index (κ3) is 3.27. The quantitative estimate of drug-likeness (QED) is 0.628. The van der Waals surface area contributed by atoms with Gasteiger partial charge >= 0.3 is 0 Å². The van der Waals surface area contributed by atoms with Crippen LogP contribution in [0.2, 0.25) is 0 Å². The third-order valence-corrected chi connectivity index (χ3v) is 6.83. The van der Waals surface area contributed by atoms with Gasteiger partial charge in [-0.1, -0.05) is 59.9 Å². The van der Waals surface area contributed by atoms with Crippen molar-refractivity contribution in [1.29, 1.82) is 0 Å². The van der Waals surface area contributed by atoms with Gasteiger partial charge < -0.3 is 0 Å². The molecule has 4 rings (SSSR count). The summed E-state index contributed by atoms with van der Waals surface area (Å²) in [5.41, 5.74) is 5.40. The molecule has 0 amide bonds. The number of amidine groups is 1. The SMILES string of the molecule is CSc1nc(N2NC(c3ccccc3)=NN2c2ccccc2)sc1SC. The van der Waals surface area contributed by atoms with E-state index in [2.05, 4.69) is 17.9 Å². The molecule has 0 bridgehead atoms. The number of hydrazine groups is 2. The maximum Gasteiger partial charge on any atom is 0.229 e. The molecule has 0 atom stereocenters. The summed E-state index contributed by atoms with van der Waals surface area (Å²) in [5, 5.41) is 10.5. The first-order valence-corrected chi connectivity index (χ1v) is 11.2. The Bertz CT molecular complexity index is 890. The fraction of sp³-hybridized carbons (Fsp3) is 0.111. The fourth-order valence-corrected chi connectivity index (χ4v) is 5.22. The monoisotopic (exact) mass is 399 g/mol. The lowest BCUT2D eigenvalue weighted by atomic mass is 10.2. The van der Waals surface area contributed by atoms with Crippen LogP contribution in [0.25, 0.3) is 0 Å². The van der Waals surface area contributed by atoms with Crippen LogP contribution in [0, 0.1) is 0 Å². The van der Waals surface area contributed by atoms with Gasteiger partial charge in [-0.15, -0.1) is 38.9 Å². The summed E-state index contributed by atoms with van der Waals surface area (Å²) >= 11 is 5.04. The minimum absolute atomic E-state index is 0.793. The van der Waals surface area contributed by atoms with Crippen LogP contribution in [-0.2, 0) is 0 Å². The number of hydrazone groups is 1. The molecule has 2 heterocycles. The van der Waals surface area contributed by atoms with Gasteiger partial charge in [-0.3, -0.25) is 5.43 Å². The van der Waals surface area contributed by atoms with Gasteiger partial charge in [-0.2, -0.15) is 0 Å². The fourth-order valence-electron chi connectivity index (χ4n) is 2.52. The molecule has 1 N–H and O–H groups in total. The largest absolute Gasteiger partial charge is 0.256 e. The van der Waals surface area contributed by atoms with Gasteiger partial charge in [-0.25, -0.2) is 4.98 Å². The van der Waals surface area contributed by atoms with Crippen molar-refractivity contribution in [2.45, 2.75) is 9.24 Å². The molecule has 5 nitrogen and oxygen atoms in total. The lowest BCUT2D eigenvalue weighted by Gasteiger charge is -2.25. The molecule has 0 saturated heterocycles. The molecule has 0 aliphatic carbocycles. The number of aromatic nitrogens is 1. The Morgan fingerprint density at radius 2 is 1.62 bits per heavy atom. The summed E-state index contributed by atoms with van der Waals surface area (Å²) < 4.78 is 1.20. The highest BCUT2D eigenvalue weighted by Gasteiger charge is 2.29. The van der Waals surface area contributed by atoms with Crippen LogP contribution in [0.3, 0.4) is 0 Å². The zero-order valence-electron chi connectivity index (χ0n) is 14.3. The predicted molar refractivity (Wildman–Crippen MR) is 113 cm³/mol. The molecule has 1 aliphatic rings. The van der Waals surface area contributed by atoms with Gasteiger partial charge in [0.25, 0.3) is 0 Å². The average Bonchev–Trinajstić information content (AvgIpc) is 3.33. The zero-order chi connectivity index (χ0) is 17.9. The maximum atomic E-state index is 4.79. The van der Waals surface area contributed by atoms with E-state index >= 15 is 0 Å². The number of thioether (sulfide) groups is 2. The molecule has 26 heavy (non-hydrogen) atoms. The van der Waals surface area contributed by atoms with E-state index in [9.17, 15) is 0 Å². The van der Waals surface area contributed by atoms with Crippen LogP contribution < -0.4 is 15.7 Å². The molecule has 0 saturated carbocycles. The summed E-state index contributed by atoms with van der Waals surface area (Å²) in [6.07, 6.45) is 4.13. The summed E-state index contributed by atoms with van der Waals surface area (Å²) in [4.78, 5) is 4.79. The van der Waals surface area contributed by atoms with E-state index in [1.165, 1.54) is 4.21 Å². The summed E-state index contributed by atoms with van der Waals surface area (Å²) in [5.74, 6) is 0.793. The van der Waals surface area contributed by atoms with E-state index in [0.29, 0.717) is 0 Å². The van der Waals surface area contributed by atoms with Crippen molar-refractivity contribution in [3.05, 3.63) is 66.2 Å². The highest BCUT2D eigenvalue weighted by Crippen LogP contribution is 2.38. The molecule has 0 unspecified atom stereocenters. The van der Waals surface area contributed by atoms with Crippen LogP contribution >= 0.6 is 34.9 Å². The number of thiazole rings is 1. The number of nitrogens with zero attached hydrogens (tertiary/aromatic N) is 4. The Hall–Kier alpha value is -2.16.